The molecule has 2 heterocycles. The fraction of sp³-hybridized carbons (Fsp3) is 0.600. The van der Waals surface area contributed by atoms with Crippen LogP contribution in [0.2, 0.25) is 5.02 Å². The van der Waals surface area contributed by atoms with Crippen LogP contribution in [-0.2, 0) is 4.74 Å². The van der Waals surface area contributed by atoms with E-state index in [-0.39, 0.29) is 11.7 Å². The molecule has 1 aromatic rings. The van der Waals surface area contributed by atoms with Gasteiger partial charge in [0, 0.05) is 12.8 Å². The Kier molecular flexibility index (Phi) is 4.25. The quantitative estimate of drug-likeness (QED) is 0.816. The summed E-state index contributed by atoms with van der Waals surface area (Å²) >= 11 is 8.19. The number of ether oxygens (including phenoxy) is 2. The second-order valence-electron chi connectivity index (χ2n) is 5.31. The maximum atomic E-state index is 6.16. The summed E-state index contributed by atoms with van der Waals surface area (Å²) in [4.78, 5) is 0. The number of rotatable bonds is 2. The molecular weight excluding hydrogens is 280 g/mol. The summed E-state index contributed by atoms with van der Waals surface area (Å²) in [5, 5.41) is 0.697. The first-order valence-electron chi connectivity index (χ1n) is 6.90. The first kappa shape index (κ1) is 13.6. The summed E-state index contributed by atoms with van der Waals surface area (Å²) in [5.41, 5.74) is 0.0649. The van der Waals surface area contributed by atoms with Crippen molar-refractivity contribution in [2.24, 2.45) is 0 Å². The Hall–Kier alpha value is -0.380. The van der Waals surface area contributed by atoms with Gasteiger partial charge in [-0.2, -0.15) is 11.8 Å². The van der Waals surface area contributed by atoms with Crippen molar-refractivity contribution in [2.75, 3.05) is 18.1 Å². The molecule has 0 aliphatic carbocycles. The summed E-state index contributed by atoms with van der Waals surface area (Å²) in [6, 6.07) is 7.72. The molecule has 1 spiro atoms. The molecule has 2 aliphatic heterocycles. The van der Waals surface area contributed by atoms with Crippen LogP contribution < -0.4 is 4.74 Å². The van der Waals surface area contributed by atoms with E-state index in [1.54, 1.807) is 0 Å². The van der Waals surface area contributed by atoms with E-state index in [1.165, 1.54) is 11.5 Å². The number of hydrogen-bond acceptors (Lipinski definition) is 3. The predicted octanol–water partition coefficient (Wildman–Crippen LogP) is 4.16. The van der Waals surface area contributed by atoms with Crippen LogP contribution in [0.3, 0.4) is 0 Å². The standard InChI is InChI=1S/C15H19ClO2S/c16-13-3-1-2-4-14(13)18-12-5-8-17-15(11-12)6-9-19-10-7-15/h1-4,12H,5-11H2. The van der Waals surface area contributed by atoms with Gasteiger partial charge in [-0.05, 0) is 36.5 Å². The zero-order valence-electron chi connectivity index (χ0n) is 10.9. The van der Waals surface area contributed by atoms with Crippen LogP contribution in [0.4, 0.5) is 0 Å². The lowest BCUT2D eigenvalue weighted by Crippen LogP contribution is -2.46. The van der Waals surface area contributed by atoms with Crippen molar-refractivity contribution in [3.05, 3.63) is 29.3 Å². The Labute approximate surface area is 123 Å². The van der Waals surface area contributed by atoms with Crippen LogP contribution >= 0.6 is 23.4 Å². The number of para-hydroxylation sites is 1. The predicted molar refractivity (Wildman–Crippen MR) is 80.3 cm³/mol. The van der Waals surface area contributed by atoms with E-state index < -0.39 is 0 Å². The van der Waals surface area contributed by atoms with E-state index >= 15 is 0 Å². The van der Waals surface area contributed by atoms with Crippen molar-refractivity contribution in [2.45, 2.75) is 37.4 Å². The number of halogens is 1. The van der Waals surface area contributed by atoms with Crippen LogP contribution in [0.15, 0.2) is 24.3 Å². The Bertz CT molecular complexity index is 426. The first-order chi connectivity index (χ1) is 9.27. The van der Waals surface area contributed by atoms with E-state index in [4.69, 9.17) is 21.1 Å². The number of benzene rings is 1. The third kappa shape index (κ3) is 3.21. The van der Waals surface area contributed by atoms with E-state index in [9.17, 15) is 0 Å². The number of hydrogen-bond donors (Lipinski definition) is 0. The monoisotopic (exact) mass is 298 g/mol. The average Bonchev–Trinajstić information content (AvgIpc) is 2.42. The molecule has 1 atom stereocenters. The van der Waals surface area contributed by atoms with Gasteiger partial charge in [-0.25, -0.2) is 0 Å². The fourth-order valence-electron chi connectivity index (χ4n) is 2.90. The van der Waals surface area contributed by atoms with Crippen molar-refractivity contribution < 1.29 is 9.47 Å². The first-order valence-corrected chi connectivity index (χ1v) is 8.44. The molecular formula is C15H19ClO2S. The molecule has 2 aliphatic rings. The lowest BCUT2D eigenvalue weighted by molar-refractivity contribution is -0.116. The van der Waals surface area contributed by atoms with Crippen LogP contribution in [-0.4, -0.2) is 29.8 Å². The zero-order chi connectivity index (χ0) is 13.1. The average molecular weight is 299 g/mol. The molecule has 4 heteroatoms. The Morgan fingerprint density at radius 2 is 2.05 bits per heavy atom. The van der Waals surface area contributed by atoms with Gasteiger partial charge in [0.1, 0.15) is 11.9 Å². The second kappa shape index (κ2) is 5.94. The van der Waals surface area contributed by atoms with Crippen molar-refractivity contribution in [3.8, 4) is 5.75 Å². The summed E-state index contributed by atoms with van der Waals surface area (Å²) in [6.45, 7) is 0.805. The highest BCUT2D eigenvalue weighted by atomic mass is 35.5. The van der Waals surface area contributed by atoms with Crippen molar-refractivity contribution in [1.82, 2.24) is 0 Å². The minimum atomic E-state index is 0.0649. The molecule has 1 aromatic carbocycles. The summed E-state index contributed by atoms with van der Waals surface area (Å²) in [6.07, 6.45) is 4.50. The molecule has 0 saturated carbocycles. The smallest absolute Gasteiger partial charge is 0.138 e. The molecule has 1 unspecified atom stereocenters. The maximum Gasteiger partial charge on any atom is 0.138 e. The van der Waals surface area contributed by atoms with Gasteiger partial charge in [0.15, 0.2) is 0 Å². The van der Waals surface area contributed by atoms with Gasteiger partial charge in [-0.15, -0.1) is 0 Å². The van der Waals surface area contributed by atoms with Gasteiger partial charge < -0.3 is 9.47 Å². The Morgan fingerprint density at radius 3 is 2.84 bits per heavy atom. The fourth-order valence-corrected chi connectivity index (χ4v) is 4.31. The number of thioether (sulfide) groups is 1. The molecule has 104 valence electrons. The summed E-state index contributed by atoms with van der Waals surface area (Å²) < 4.78 is 12.2. The van der Waals surface area contributed by atoms with Crippen molar-refractivity contribution in [1.29, 1.82) is 0 Å². The molecule has 2 saturated heterocycles. The van der Waals surface area contributed by atoms with Crippen molar-refractivity contribution >= 4 is 23.4 Å². The van der Waals surface area contributed by atoms with Gasteiger partial charge in [0.05, 0.1) is 17.2 Å². The lowest BCUT2D eigenvalue weighted by atomic mass is 9.86. The molecule has 3 rings (SSSR count). The molecule has 2 nitrogen and oxygen atoms in total. The molecule has 0 amide bonds. The molecule has 0 bridgehead atoms. The minimum absolute atomic E-state index is 0.0649. The van der Waals surface area contributed by atoms with E-state index in [2.05, 4.69) is 0 Å². The molecule has 0 radical (unpaired) electrons. The highest BCUT2D eigenvalue weighted by Crippen LogP contribution is 2.39. The van der Waals surface area contributed by atoms with Gasteiger partial charge >= 0.3 is 0 Å². The Morgan fingerprint density at radius 1 is 1.26 bits per heavy atom. The largest absolute Gasteiger partial charge is 0.489 e. The topological polar surface area (TPSA) is 18.5 Å². The molecule has 19 heavy (non-hydrogen) atoms. The van der Waals surface area contributed by atoms with Gasteiger partial charge in [-0.3, -0.25) is 0 Å². The summed E-state index contributed by atoms with van der Waals surface area (Å²) in [5.74, 6) is 3.22. The summed E-state index contributed by atoms with van der Waals surface area (Å²) in [7, 11) is 0. The van der Waals surface area contributed by atoms with Gasteiger partial charge in [-0.1, -0.05) is 23.7 Å². The SMILES string of the molecule is Clc1ccccc1OC1CCOC2(CCSCC2)C1. The van der Waals surface area contributed by atoms with E-state index in [1.807, 2.05) is 36.0 Å². The third-order valence-electron chi connectivity index (χ3n) is 3.98. The van der Waals surface area contributed by atoms with E-state index in [0.29, 0.717) is 5.02 Å². The zero-order valence-corrected chi connectivity index (χ0v) is 12.5. The lowest BCUT2D eigenvalue weighted by Gasteiger charge is -2.43. The van der Waals surface area contributed by atoms with Crippen LogP contribution in [0.1, 0.15) is 25.7 Å². The molecule has 2 fully saturated rings. The van der Waals surface area contributed by atoms with Crippen LogP contribution in [0, 0.1) is 0 Å². The molecule has 0 N–H and O–H groups in total. The van der Waals surface area contributed by atoms with Gasteiger partial charge in [0.25, 0.3) is 0 Å². The maximum absolute atomic E-state index is 6.16. The van der Waals surface area contributed by atoms with Gasteiger partial charge in [0.2, 0.25) is 0 Å². The van der Waals surface area contributed by atoms with Crippen molar-refractivity contribution in [3.63, 3.8) is 0 Å². The Balaban J connectivity index is 1.67. The van der Waals surface area contributed by atoms with Crippen LogP contribution in [0.25, 0.3) is 0 Å². The second-order valence-corrected chi connectivity index (χ2v) is 6.94. The minimum Gasteiger partial charge on any atom is -0.489 e. The van der Waals surface area contributed by atoms with Crippen LogP contribution in [0.5, 0.6) is 5.75 Å². The highest BCUT2D eigenvalue weighted by Gasteiger charge is 2.39. The molecule has 0 aromatic heterocycles. The van der Waals surface area contributed by atoms with E-state index in [0.717, 1.165) is 38.0 Å². The highest BCUT2D eigenvalue weighted by molar-refractivity contribution is 7.99. The normalized spacial score (nSPS) is 26.3. The third-order valence-corrected chi connectivity index (χ3v) is 5.28.